The first-order chi connectivity index (χ1) is 10.1. The van der Waals surface area contributed by atoms with Gasteiger partial charge in [-0.05, 0) is 0 Å². The zero-order chi connectivity index (χ0) is 14.8. The molecule has 106 valence electrons. The predicted octanol–water partition coefficient (Wildman–Crippen LogP) is 2.57. The molecule has 3 aromatic rings. The largest absolute Gasteiger partial charge is 0.362 e. The van der Waals surface area contributed by atoms with Crippen LogP contribution in [-0.4, -0.2) is 34.2 Å². The van der Waals surface area contributed by atoms with Crippen LogP contribution in [0.5, 0.6) is 0 Å². The molecule has 0 aliphatic rings. The molecule has 6 heteroatoms. The minimum atomic E-state index is 0.496. The van der Waals surface area contributed by atoms with E-state index in [9.17, 15) is 0 Å². The van der Waals surface area contributed by atoms with Crippen LogP contribution in [0.1, 0.15) is 5.89 Å². The van der Waals surface area contributed by atoms with E-state index in [-0.39, 0.29) is 0 Å². The summed E-state index contributed by atoms with van der Waals surface area (Å²) < 4.78 is 5.03. The summed E-state index contributed by atoms with van der Waals surface area (Å²) in [7, 11) is 3.85. The van der Waals surface area contributed by atoms with E-state index in [0.717, 1.165) is 16.9 Å². The molecule has 0 spiro atoms. The van der Waals surface area contributed by atoms with E-state index in [1.165, 1.54) is 0 Å². The van der Waals surface area contributed by atoms with Crippen molar-refractivity contribution in [2.45, 2.75) is 6.92 Å². The number of benzene rings is 1. The fourth-order valence-corrected chi connectivity index (χ4v) is 2.01. The highest BCUT2D eigenvalue weighted by molar-refractivity contribution is 5.72. The van der Waals surface area contributed by atoms with Gasteiger partial charge >= 0.3 is 0 Å². The van der Waals surface area contributed by atoms with E-state index in [1.807, 2.05) is 49.3 Å². The Hall–Kier alpha value is -2.76. The maximum absolute atomic E-state index is 5.03. The zero-order valence-corrected chi connectivity index (χ0v) is 12.1. The third-order valence-corrected chi connectivity index (χ3v) is 2.99. The number of nitrogens with zero attached hydrogens (tertiary/aromatic N) is 5. The molecule has 0 saturated carbocycles. The first-order valence-electron chi connectivity index (χ1n) is 6.55. The molecule has 1 aromatic carbocycles. The number of anilines is 1. The van der Waals surface area contributed by atoms with Crippen LogP contribution in [0.15, 0.2) is 41.1 Å². The highest BCUT2D eigenvalue weighted by atomic mass is 16.5. The first kappa shape index (κ1) is 13.2. The van der Waals surface area contributed by atoms with Gasteiger partial charge in [-0.15, -0.1) is 0 Å². The van der Waals surface area contributed by atoms with Crippen molar-refractivity contribution in [2.75, 3.05) is 19.0 Å². The Morgan fingerprint density at radius 3 is 2.38 bits per heavy atom. The van der Waals surface area contributed by atoms with Gasteiger partial charge in [-0.2, -0.15) is 4.98 Å². The normalized spacial score (nSPS) is 10.6. The van der Waals surface area contributed by atoms with Gasteiger partial charge < -0.3 is 9.42 Å². The topological polar surface area (TPSA) is 67.9 Å². The molecule has 0 atom stereocenters. The zero-order valence-electron chi connectivity index (χ0n) is 12.1. The third kappa shape index (κ3) is 2.60. The summed E-state index contributed by atoms with van der Waals surface area (Å²) in [5, 5.41) is 3.94. The second-order valence-corrected chi connectivity index (χ2v) is 4.83. The summed E-state index contributed by atoms with van der Waals surface area (Å²) in [6.07, 6.45) is 1.73. The molecular formula is C15H15N5O. The fourth-order valence-electron chi connectivity index (χ4n) is 2.01. The van der Waals surface area contributed by atoms with E-state index in [0.29, 0.717) is 17.5 Å². The van der Waals surface area contributed by atoms with Crippen molar-refractivity contribution in [3.8, 4) is 22.8 Å². The summed E-state index contributed by atoms with van der Waals surface area (Å²) in [6, 6.07) is 9.85. The lowest BCUT2D eigenvalue weighted by Crippen LogP contribution is -2.13. The molecular weight excluding hydrogens is 266 g/mol. The van der Waals surface area contributed by atoms with Gasteiger partial charge in [0.05, 0.1) is 5.56 Å². The minimum Gasteiger partial charge on any atom is -0.362 e. The lowest BCUT2D eigenvalue weighted by atomic mass is 10.2. The molecule has 0 amide bonds. The summed E-state index contributed by atoms with van der Waals surface area (Å²) in [5.41, 5.74) is 1.72. The van der Waals surface area contributed by atoms with Gasteiger partial charge in [0.2, 0.25) is 11.7 Å². The Balaban J connectivity index is 2.11. The van der Waals surface area contributed by atoms with Crippen LogP contribution in [0.4, 0.5) is 5.82 Å². The van der Waals surface area contributed by atoms with Crippen LogP contribution in [0, 0.1) is 6.92 Å². The lowest BCUT2D eigenvalue weighted by Gasteiger charge is -2.15. The van der Waals surface area contributed by atoms with Gasteiger partial charge in [0, 0.05) is 32.8 Å². The Morgan fingerprint density at radius 1 is 1.00 bits per heavy atom. The molecule has 0 fully saturated rings. The van der Waals surface area contributed by atoms with Gasteiger partial charge in [0.15, 0.2) is 5.82 Å². The van der Waals surface area contributed by atoms with E-state index in [2.05, 4.69) is 20.1 Å². The summed E-state index contributed by atoms with van der Waals surface area (Å²) in [6.45, 7) is 1.75. The Labute approximate surface area is 122 Å². The number of rotatable bonds is 3. The maximum Gasteiger partial charge on any atom is 0.223 e. The van der Waals surface area contributed by atoms with Gasteiger partial charge in [0.1, 0.15) is 5.82 Å². The van der Waals surface area contributed by atoms with Crippen molar-refractivity contribution >= 4 is 5.82 Å². The van der Waals surface area contributed by atoms with Crippen LogP contribution in [0.25, 0.3) is 22.8 Å². The molecule has 0 N–H and O–H groups in total. The van der Waals surface area contributed by atoms with Crippen molar-refractivity contribution in [1.82, 2.24) is 20.1 Å². The van der Waals surface area contributed by atoms with Crippen molar-refractivity contribution in [1.29, 1.82) is 0 Å². The molecule has 21 heavy (non-hydrogen) atoms. The second kappa shape index (κ2) is 5.32. The Kier molecular flexibility index (Phi) is 3.35. The third-order valence-electron chi connectivity index (χ3n) is 2.99. The number of aryl methyl sites for hydroxylation is 1. The lowest BCUT2D eigenvalue weighted by molar-refractivity contribution is 0.394. The van der Waals surface area contributed by atoms with Crippen molar-refractivity contribution in [3.63, 3.8) is 0 Å². The summed E-state index contributed by atoms with van der Waals surface area (Å²) in [4.78, 5) is 15.2. The molecule has 0 aliphatic heterocycles. The number of aromatic nitrogens is 4. The fraction of sp³-hybridized carbons (Fsp3) is 0.200. The van der Waals surface area contributed by atoms with Crippen molar-refractivity contribution in [2.24, 2.45) is 0 Å². The molecule has 2 aromatic heterocycles. The maximum atomic E-state index is 5.03. The van der Waals surface area contributed by atoms with Crippen molar-refractivity contribution < 1.29 is 4.52 Å². The van der Waals surface area contributed by atoms with Crippen LogP contribution < -0.4 is 4.90 Å². The van der Waals surface area contributed by atoms with Crippen LogP contribution >= 0.6 is 0 Å². The smallest absolute Gasteiger partial charge is 0.223 e. The Bertz CT molecular complexity index is 752. The number of hydrogen-bond donors (Lipinski definition) is 0. The van der Waals surface area contributed by atoms with E-state index in [4.69, 9.17) is 4.52 Å². The van der Waals surface area contributed by atoms with Gasteiger partial charge in [-0.1, -0.05) is 35.5 Å². The minimum absolute atomic E-state index is 0.496. The quantitative estimate of drug-likeness (QED) is 0.735. The first-order valence-corrected chi connectivity index (χ1v) is 6.55. The van der Waals surface area contributed by atoms with E-state index in [1.54, 1.807) is 13.1 Å². The average Bonchev–Trinajstić information content (AvgIpc) is 2.94. The number of hydrogen-bond acceptors (Lipinski definition) is 6. The van der Waals surface area contributed by atoms with Crippen molar-refractivity contribution in [3.05, 3.63) is 42.4 Å². The summed E-state index contributed by atoms with van der Waals surface area (Å²) >= 11 is 0. The van der Waals surface area contributed by atoms with Crippen LogP contribution in [0.3, 0.4) is 0 Å². The van der Waals surface area contributed by atoms with Crippen LogP contribution in [-0.2, 0) is 0 Å². The van der Waals surface area contributed by atoms with E-state index >= 15 is 0 Å². The predicted molar refractivity (Wildman–Crippen MR) is 79.8 cm³/mol. The molecule has 2 heterocycles. The Morgan fingerprint density at radius 2 is 1.76 bits per heavy atom. The summed E-state index contributed by atoms with van der Waals surface area (Å²) in [5.74, 6) is 2.44. The molecule has 0 saturated heterocycles. The van der Waals surface area contributed by atoms with E-state index < -0.39 is 0 Å². The molecule has 0 aliphatic carbocycles. The van der Waals surface area contributed by atoms with Gasteiger partial charge in [-0.3, -0.25) is 0 Å². The SMILES string of the molecule is Cc1nc(-c2cnc(-c3ccccc3)nc2N(C)C)no1. The second-order valence-electron chi connectivity index (χ2n) is 4.83. The molecule has 0 radical (unpaired) electrons. The molecule has 3 rings (SSSR count). The highest BCUT2D eigenvalue weighted by Gasteiger charge is 2.16. The monoisotopic (exact) mass is 281 g/mol. The molecule has 6 nitrogen and oxygen atoms in total. The molecule has 0 unspecified atom stereocenters. The highest BCUT2D eigenvalue weighted by Crippen LogP contribution is 2.27. The standard InChI is InChI=1S/C15H15N5O/c1-10-17-14(19-21-10)12-9-16-13(18-15(12)20(2)3)11-7-5-4-6-8-11/h4-9H,1-3H3. The van der Waals surface area contributed by atoms with Gasteiger partial charge in [-0.25, -0.2) is 9.97 Å². The van der Waals surface area contributed by atoms with Gasteiger partial charge in [0.25, 0.3) is 0 Å². The average molecular weight is 281 g/mol. The molecule has 0 bridgehead atoms. The van der Waals surface area contributed by atoms with Crippen LogP contribution in [0.2, 0.25) is 0 Å².